The minimum atomic E-state index is -1.09. The Morgan fingerprint density at radius 3 is 2.90 bits per heavy atom. The van der Waals surface area contributed by atoms with Crippen molar-refractivity contribution in [2.45, 2.75) is 6.54 Å². The number of methoxy groups -OCH3 is 1. The minimum absolute atomic E-state index is 0.0294. The SMILES string of the molecule is COc1cc(CNc2cn(C)nc2C(=O)O)ccc1O. The first-order valence-corrected chi connectivity index (χ1v) is 5.88. The molecule has 0 atom stereocenters. The molecule has 1 aromatic heterocycles. The third-order valence-electron chi connectivity index (χ3n) is 2.76. The van der Waals surface area contributed by atoms with E-state index < -0.39 is 5.97 Å². The lowest BCUT2D eigenvalue weighted by Gasteiger charge is -2.08. The summed E-state index contributed by atoms with van der Waals surface area (Å²) < 4.78 is 6.45. The Labute approximate surface area is 115 Å². The van der Waals surface area contributed by atoms with Gasteiger partial charge in [-0.2, -0.15) is 5.10 Å². The molecule has 0 bridgehead atoms. The van der Waals surface area contributed by atoms with Crippen molar-refractivity contribution in [1.29, 1.82) is 0 Å². The minimum Gasteiger partial charge on any atom is -0.504 e. The largest absolute Gasteiger partial charge is 0.504 e. The average Bonchev–Trinajstić information content (AvgIpc) is 2.79. The molecule has 0 spiro atoms. The molecule has 0 aliphatic heterocycles. The number of carbonyl (C=O) groups is 1. The Bertz CT molecular complexity index is 637. The number of rotatable bonds is 5. The zero-order chi connectivity index (χ0) is 14.7. The summed E-state index contributed by atoms with van der Waals surface area (Å²) in [5.41, 5.74) is 1.25. The van der Waals surface area contributed by atoms with E-state index in [0.717, 1.165) is 5.56 Å². The van der Waals surface area contributed by atoms with E-state index in [1.165, 1.54) is 17.9 Å². The van der Waals surface area contributed by atoms with Gasteiger partial charge in [0, 0.05) is 19.8 Å². The molecule has 0 aliphatic rings. The monoisotopic (exact) mass is 277 g/mol. The number of anilines is 1. The molecular formula is C13H15N3O4. The number of benzene rings is 1. The molecule has 2 aromatic rings. The molecule has 1 aromatic carbocycles. The van der Waals surface area contributed by atoms with E-state index >= 15 is 0 Å². The van der Waals surface area contributed by atoms with E-state index in [1.807, 2.05) is 0 Å². The second-order valence-electron chi connectivity index (χ2n) is 4.23. The number of hydrogen-bond acceptors (Lipinski definition) is 5. The number of carboxylic acids is 1. The van der Waals surface area contributed by atoms with E-state index in [4.69, 9.17) is 9.84 Å². The normalized spacial score (nSPS) is 10.3. The summed E-state index contributed by atoms with van der Waals surface area (Å²) in [7, 11) is 3.12. The van der Waals surface area contributed by atoms with Crippen LogP contribution in [-0.2, 0) is 13.6 Å². The number of aromatic nitrogens is 2. The van der Waals surface area contributed by atoms with Crippen LogP contribution < -0.4 is 10.1 Å². The molecule has 7 nitrogen and oxygen atoms in total. The van der Waals surface area contributed by atoms with Crippen LogP contribution in [0.4, 0.5) is 5.69 Å². The molecule has 20 heavy (non-hydrogen) atoms. The van der Waals surface area contributed by atoms with Crippen LogP contribution in [0.15, 0.2) is 24.4 Å². The Morgan fingerprint density at radius 1 is 1.50 bits per heavy atom. The number of carboxylic acid groups (broad SMARTS) is 1. The molecular weight excluding hydrogens is 262 g/mol. The van der Waals surface area contributed by atoms with E-state index in [1.54, 1.807) is 25.4 Å². The third kappa shape index (κ3) is 2.82. The Morgan fingerprint density at radius 2 is 2.25 bits per heavy atom. The molecule has 0 saturated heterocycles. The fraction of sp³-hybridized carbons (Fsp3) is 0.231. The van der Waals surface area contributed by atoms with E-state index in [0.29, 0.717) is 18.0 Å². The average molecular weight is 277 g/mol. The van der Waals surface area contributed by atoms with Gasteiger partial charge in [-0.25, -0.2) is 4.79 Å². The van der Waals surface area contributed by atoms with E-state index in [2.05, 4.69) is 10.4 Å². The molecule has 0 aliphatic carbocycles. The maximum absolute atomic E-state index is 11.0. The topological polar surface area (TPSA) is 96.6 Å². The van der Waals surface area contributed by atoms with Crippen molar-refractivity contribution < 1.29 is 19.7 Å². The fourth-order valence-corrected chi connectivity index (χ4v) is 1.81. The maximum atomic E-state index is 11.0. The van der Waals surface area contributed by atoms with Crippen LogP contribution in [-0.4, -0.2) is 33.1 Å². The quantitative estimate of drug-likeness (QED) is 0.765. The number of aryl methyl sites for hydroxylation is 1. The second-order valence-corrected chi connectivity index (χ2v) is 4.23. The summed E-state index contributed by atoms with van der Waals surface area (Å²) in [6.45, 7) is 0.391. The number of nitrogens with one attached hydrogen (secondary N) is 1. The molecule has 106 valence electrons. The van der Waals surface area contributed by atoms with Gasteiger partial charge in [0.1, 0.15) is 0 Å². The highest BCUT2D eigenvalue weighted by atomic mass is 16.5. The molecule has 0 saturated carbocycles. The highest BCUT2D eigenvalue weighted by Crippen LogP contribution is 2.26. The summed E-state index contributed by atoms with van der Waals surface area (Å²) in [6.07, 6.45) is 1.60. The van der Waals surface area contributed by atoms with Crippen molar-refractivity contribution in [1.82, 2.24) is 9.78 Å². The van der Waals surface area contributed by atoms with Crippen LogP contribution in [0.25, 0.3) is 0 Å². The van der Waals surface area contributed by atoms with Gasteiger partial charge in [0.05, 0.1) is 12.8 Å². The van der Waals surface area contributed by atoms with Gasteiger partial charge in [0.15, 0.2) is 17.2 Å². The van der Waals surface area contributed by atoms with Crippen LogP contribution in [0, 0.1) is 0 Å². The van der Waals surface area contributed by atoms with Gasteiger partial charge in [-0.05, 0) is 17.7 Å². The number of hydrogen-bond donors (Lipinski definition) is 3. The standard InChI is InChI=1S/C13H15N3O4/c1-16-7-9(12(15-16)13(18)19)14-6-8-3-4-10(17)11(5-8)20-2/h3-5,7,14,17H,6H2,1-2H3,(H,18,19). The van der Waals surface area contributed by atoms with Crippen molar-refractivity contribution in [3.8, 4) is 11.5 Å². The third-order valence-corrected chi connectivity index (χ3v) is 2.76. The summed E-state index contributed by atoms with van der Waals surface area (Å²) in [5.74, 6) is -0.658. The number of phenolic OH excluding ortho intramolecular Hbond substituents is 1. The lowest BCUT2D eigenvalue weighted by molar-refractivity contribution is 0.0690. The maximum Gasteiger partial charge on any atom is 0.358 e. The van der Waals surface area contributed by atoms with Gasteiger partial charge >= 0.3 is 5.97 Å². The molecule has 0 radical (unpaired) electrons. The van der Waals surface area contributed by atoms with E-state index in [-0.39, 0.29) is 11.4 Å². The first-order chi connectivity index (χ1) is 9.51. The first kappa shape index (κ1) is 13.7. The van der Waals surface area contributed by atoms with E-state index in [9.17, 15) is 9.90 Å². The van der Waals surface area contributed by atoms with Crippen molar-refractivity contribution in [2.24, 2.45) is 7.05 Å². The number of aromatic carboxylic acids is 1. The Balaban J connectivity index is 2.14. The molecule has 0 unspecified atom stereocenters. The predicted octanol–water partition coefficient (Wildman–Crippen LogP) is 1.44. The summed E-state index contributed by atoms with van der Waals surface area (Å²) in [5, 5.41) is 25.4. The van der Waals surface area contributed by atoms with Crippen molar-refractivity contribution in [3.05, 3.63) is 35.7 Å². The molecule has 7 heteroatoms. The summed E-state index contributed by atoms with van der Waals surface area (Å²) in [4.78, 5) is 11.0. The van der Waals surface area contributed by atoms with Gasteiger partial charge < -0.3 is 20.3 Å². The van der Waals surface area contributed by atoms with Crippen molar-refractivity contribution in [2.75, 3.05) is 12.4 Å². The van der Waals surface area contributed by atoms with Gasteiger partial charge in [0.2, 0.25) is 0 Å². The van der Waals surface area contributed by atoms with Crippen molar-refractivity contribution in [3.63, 3.8) is 0 Å². The highest BCUT2D eigenvalue weighted by Gasteiger charge is 2.14. The molecule has 0 amide bonds. The zero-order valence-corrected chi connectivity index (χ0v) is 11.1. The summed E-state index contributed by atoms with van der Waals surface area (Å²) >= 11 is 0. The van der Waals surface area contributed by atoms with Gasteiger partial charge in [-0.15, -0.1) is 0 Å². The smallest absolute Gasteiger partial charge is 0.358 e. The molecule has 1 heterocycles. The molecule has 2 rings (SSSR count). The number of nitrogens with zero attached hydrogens (tertiary/aromatic N) is 2. The lowest BCUT2D eigenvalue weighted by Crippen LogP contribution is -2.05. The number of aromatic hydroxyl groups is 1. The van der Waals surface area contributed by atoms with Crippen LogP contribution in [0.1, 0.15) is 16.1 Å². The predicted molar refractivity (Wildman–Crippen MR) is 72.2 cm³/mol. The Kier molecular flexibility index (Phi) is 3.79. The lowest BCUT2D eigenvalue weighted by atomic mass is 10.2. The van der Waals surface area contributed by atoms with Crippen LogP contribution in [0.5, 0.6) is 11.5 Å². The highest BCUT2D eigenvalue weighted by molar-refractivity contribution is 5.91. The summed E-state index contributed by atoms with van der Waals surface area (Å²) in [6, 6.07) is 4.93. The fourth-order valence-electron chi connectivity index (χ4n) is 1.81. The van der Waals surface area contributed by atoms with Crippen LogP contribution in [0.2, 0.25) is 0 Å². The van der Waals surface area contributed by atoms with Crippen LogP contribution >= 0.6 is 0 Å². The number of phenols is 1. The van der Waals surface area contributed by atoms with Gasteiger partial charge in [-0.3, -0.25) is 4.68 Å². The second kappa shape index (κ2) is 5.52. The first-order valence-electron chi connectivity index (χ1n) is 5.88. The number of ether oxygens (including phenoxy) is 1. The Hall–Kier alpha value is -2.70. The van der Waals surface area contributed by atoms with Crippen LogP contribution in [0.3, 0.4) is 0 Å². The molecule has 0 fully saturated rings. The van der Waals surface area contributed by atoms with Crippen molar-refractivity contribution >= 4 is 11.7 Å². The van der Waals surface area contributed by atoms with Gasteiger partial charge in [-0.1, -0.05) is 6.07 Å². The van der Waals surface area contributed by atoms with Gasteiger partial charge in [0.25, 0.3) is 0 Å². The molecule has 3 N–H and O–H groups in total. The zero-order valence-electron chi connectivity index (χ0n) is 11.1.